The Morgan fingerprint density at radius 2 is 1.88 bits per heavy atom. The van der Waals surface area contributed by atoms with Crippen LogP contribution in [0.4, 0.5) is 0 Å². The first-order valence-corrected chi connectivity index (χ1v) is 6.23. The number of aryl methyl sites for hydroxylation is 1. The molecule has 1 fully saturated rings. The standard InChI is InChI=1S/C13H20N2O2/c1-9-3-8-12(17-9)13(16)15-11-6-4-10(14-2)5-7-11/h3,8,10-11,14H,4-7H2,1-2H3,(H,15,16). The first-order valence-electron chi connectivity index (χ1n) is 6.23. The highest BCUT2D eigenvalue weighted by atomic mass is 16.3. The van der Waals surface area contributed by atoms with Gasteiger partial charge >= 0.3 is 0 Å². The summed E-state index contributed by atoms with van der Waals surface area (Å²) in [6.45, 7) is 1.84. The van der Waals surface area contributed by atoms with Crippen LogP contribution in [0.25, 0.3) is 0 Å². The van der Waals surface area contributed by atoms with Crippen molar-refractivity contribution in [1.82, 2.24) is 10.6 Å². The van der Waals surface area contributed by atoms with E-state index in [0.29, 0.717) is 11.8 Å². The molecule has 0 aromatic carbocycles. The third-order valence-corrected chi connectivity index (χ3v) is 3.43. The first kappa shape index (κ1) is 12.2. The Balaban J connectivity index is 1.84. The SMILES string of the molecule is CNC1CCC(NC(=O)c2ccc(C)o2)CC1. The van der Waals surface area contributed by atoms with Crippen molar-refractivity contribution < 1.29 is 9.21 Å². The minimum Gasteiger partial charge on any atom is -0.456 e. The number of nitrogens with one attached hydrogen (secondary N) is 2. The number of furan rings is 1. The lowest BCUT2D eigenvalue weighted by molar-refractivity contribution is 0.0895. The van der Waals surface area contributed by atoms with Crippen molar-refractivity contribution in [3.8, 4) is 0 Å². The van der Waals surface area contributed by atoms with Crippen LogP contribution in [0.3, 0.4) is 0 Å². The molecule has 1 aliphatic rings. The third-order valence-electron chi connectivity index (χ3n) is 3.43. The molecule has 4 nitrogen and oxygen atoms in total. The van der Waals surface area contributed by atoms with Crippen LogP contribution in [0.2, 0.25) is 0 Å². The molecule has 2 rings (SSSR count). The van der Waals surface area contributed by atoms with Gasteiger partial charge in [-0.3, -0.25) is 4.79 Å². The van der Waals surface area contributed by atoms with Crippen molar-refractivity contribution in [3.05, 3.63) is 23.7 Å². The van der Waals surface area contributed by atoms with Crippen molar-refractivity contribution in [1.29, 1.82) is 0 Å². The van der Waals surface area contributed by atoms with Gasteiger partial charge in [0.25, 0.3) is 5.91 Å². The maximum atomic E-state index is 11.9. The van der Waals surface area contributed by atoms with Crippen LogP contribution in [-0.2, 0) is 0 Å². The second-order valence-electron chi connectivity index (χ2n) is 4.72. The Kier molecular flexibility index (Phi) is 3.84. The summed E-state index contributed by atoms with van der Waals surface area (Å²) in [6.07, 6.45) is 4.32. The van der Waals surface area contributed by atoms with Gasteiger partial charge in [-0.05, 0) is 51.8 Å². The Bertz CT molecular complexity index is 379. The molecular formula is C13H20N2O2. The highest BCUT2D eigenvalue weighted by Gasteiger charge is 2.22. The van der Waals surface area contributed by atoms with E-state index in [4.69, 9.17) is 4.42 Å². The van der Waals surface area contributed by atoms with Gasteiger partial charge < -0.3 is 15.1 Å². The highest BCUT2D eigenvalue weighted by Crippen LogP contribution is 2.19. The molecule has 0 saturated heterocycles. The van der Waals surface area contributed by atoms with Gasteiger partial charge in [0.1, 0.15) is 5.76 Å². The summed E-state index contributed by atoms with van der Waals surface area (Å²) in [5.41, 5.74) is 0. The van der Waals surface area contributed by atoms with Crippen LogP contribution in [0.15, 0.2) is 16.5 Å². The van der Waals surface area contributed by atoms with Gasteiger partial charge in [-0.15, -0.1) is 0 Å². The van der Waals surface area contributed by atoms with Crippen molar-refractivity contribution in [2.45, 2.75) is 44.7 Å². The van der Waals surface area contributed by atoms with Gasteiger partial charge in [0.05, 0.1) is 0 Å². The van der Waals surface area contributed by atoms with E-state index in [2.05, 4.69) is 10.6 Å². The van der Waals surface area contributed by atoms with E-state index in [0.717, 1.165) is 31.4 Å². The number of carbonyl (C=O) groups excluding carboxylic acids is 1. The monoisotopic (exact) mass is 236 g/mol. The highest BCUT2D eigenvalue weighted by molar-refractivity contribution is 5.91. The summed E-state index contributed by atoms with van der Waals surface area (Å²) >= 11 is 0. The lowest BCUT2D eigenvalue weighted by atomic mass is 9.91. The molecule has 0 radical (unpaired) electrons. The fourth-order valence-corrected chi connectivity index (χ4v) is 2.34. The summed E-state index contributed by atoms with van der Waals surface area (Å²) in [7, 11) is 2.00. The molecular weight excluding hydrogens is 216 g/mol. The zero-order valence-electron chi connectivity index (χ0n) is 10.5. The van der Waals surface area contributed by atoms with Gasteiger partial charge in [0, 0.05) is 12.1 Å². The molecule has 4 heteroatoms. The van der Waals surface area contributed by atoms with E-state index in [9.17, 15) is 4.79 Å². The quantitative estimate of drug-likeness (QED) is 0.842. The molecule has 0 bridgehead atoms. The lowest BCUT2D eigenvalue weighted by Crippen LogP contribution is -2.41. The van der Waals surface area contributed by atoms with Crippen LogP contribution in [0.5, 0.6) is 0 Å². The predicted octanol–water partition coefficient (Wildman–Crippen LogP) is 1.85. The van der Waals surface area contributed by atoms with Crippen LogP contribution < -0.4 is 10.6 Å². The second kappa shape index (κ2) is 5.36. The van der Waals surface area contributed by atoms with Gasteiger partial charge in [-0.25, -0.2) is 0 Å². The number of rotatable bonds is 3. The zero-order chi connectivity index (χ0) is 12.3. The normalized spacial score (nSPS) is 24.6. The molecule has 1 aromatic rings. The Morgan fingerprint density at radius 3 is 2.41 bits per heavy atom. The van der Waals surface area contributed by atoms with Crippen LogP contribution in [-0.4, -0.2) is 25.0 Å². The minimum absolute atomic E-state index is 0.0917. The zero-order valence-corrected chi connectivity index (χ0v) is 10.5. The molecule has 0 atom stereocenters. The van der Waals surface area contributed by atoms with Gasteiger partial charge in [-0.2, -0.15) is 0 Å². The molecule has 1 amide bonds. The molecule has 1 aromatic heterocycles. The van der Waals surface area contributed by atoms with E-state index in [1.165, 1.54) is 0 Å². The molecule has 0 unspecified atom stereocenters. The predicted molar refractivity (Wildman–Crippen MR) is 66.0 cm³/mol. The van der Waals surface area contributed by atoms with Crippen LogP contribution >= 0.6 is 0 Å². The smallest absolute Gasteiger partial charge is 0.287 e. The van der Waals surface area contributed by atoms with E-state index < -0.39 is 0 Å². The minimum atomic E-state index is -0.0917. The van der Waals surface area contributed by atoms with Gasteiger partial charge in [-0.1, -0.05) is 0 Å². The summed E-state index contributed by atoms with van der Waals surface area (Å²) < 4.78 is 5.30. The first-order chi connectivity index (χ1) is 8.19. The topological polar surface area (TPSA) is 54.3 Å². The van der Waals surface area contributed by atoms with Crippen LogP contribution in [0, 0.1) is 6.92 Å². The van der Waals surface area contributed by atoms with E-state index in [1.54, 1.807) is 6.07 Å². The van der Waals surface area contributed by atoms with E-state index >= 15 is 0 Å². The van der Waals surface area contributed by atoms with Crippen molar-refractivity contribution >= 4 is 5.91 Å². The Labute approximate surface area is 102 Å². The van der Waals surface area contributed by atoms with E-state index in [-0.39, 0.29) is 11.9 Å². The molecule has 1 heterocycles. The fraction of sp³-hybridized carbons (Fsp3) is 0.615. The van der Waals surface area contributed by atoms with Crippen molar-refractivity contribution in [2.24, 2.45) is 0 Å². The lowest BCUT2D eigenvalue weighted by Gasteiger charge is -2.28. The maximum absolute atomic E-state index is 11.9. The second-order valence-corrected chi connectivity index (χ2v) is 4.72. The molecule has 17 heavy (non-hydrogen) atoms. The average molecular weight is 236 g/mol. The molecule has 1 saturated carbocycles. The average Bonchev–Trinajstić information content (AvgIpc) is 2.77. The molecule has 1 aliphatic carbocycles. The number of amides is 1. The van der Waals surface area contributed by atoms with Gasteiger partial charge in [0.15, 0.2) is 5.76 Å². The molecule has 2 N–H and O–H groups in total. The Hall–Kier alpha value is -1.29. The summed E-state index contributed by atoms with van der Waals surface area (Å²) in [6, 6.07) is 4.43. The summed E-state index contributed by atoms with van der Waals surface area (Å²) in [4.78, 5) is 11.9. The van der Waals surface area contributed by atoms with E-state index in [1.807, 2.05) is 20.0 Å². The fourth-order valence-electron chi connectivity index (χ4n) is 2.34. The molecule has 0 spiro atoms. The maximum Gasteiger partial charge on any atom is 0.287 e. The van der Waals surface area contributed by atoms with Crippen molar-refractivity contribution in [3.63, 3.8) is 0 Å². The Morgan fingerprint density at radius 1 is 1.24 bits per heavy atom. The van der Waals surface area contributed by atoms with Crippen molar-refractivity contribution in [2.75, 3.05) is 7.05 Å². The third kappa shape index (κ3) is 3.09. The molecule has 94 valence electrons. The summed E-state index contributed by atoms with van der Waals surface area (Å²) in [5, 5.41) is 6.31. The largest absolute Gasteiger partial charge is 0.456 e. The van der Waals surface area contributed by atoms with Crippen LogP contribution in [0.1, 0.15) is 42.0 Å². The number of hydrogen-bond donors (Lipinski definition) is 2. The number of hydrogen-bond acceptors (Lipinski definition) is 3. The number of carbonyl (C=O) groups is 1. The van der Waals surface area contributed by atoms with Gasteiger partial charge in [0.2, 0.25) is 0 Å². The molecule has 0 aliphatic heterocycles. The summed E-state index contributed by atoms with van der Waals surface area (Å²) in [5.74, 6) is 1.10.